The molecule has 0 bridgehead atoms. The summed E-state index contributed by atoms with van der Waals surface area (Å²) in [5.41, 5.74) is 2.11. The first kappa shape index (κ1) is 18.5. The number of methoxy groups -OCH3 is 3. The fourth-order valence-electron chi connectivity index (χ4n) is 3.07. The van der Waals surface area contributed by atoms with Crippen LogP contribution in [0.3, 0.4) is 0 Å². The molecular formula is C22H20O5. The maximum absolute atomic E-state index is 12.5. The predicted molar refractivity (Wildman–Crippen MR) is 102 cm³/mol. The average Bonchev–Trinajstić information content (AvgIpc) is 2.73. The van der Waals surface area contributed by atoms with Gasteiger partial charge < -0.3 is 14.2 Å². The standard InChI is InChI=1S/C22H20O5/c1-25-19-10-8-14(9-11-19)20(22(24)27-3)17-6-4-16-13-18(21(23)26-2)7-5-15(16)12-17/h4-13,20H,1-3H3. The van der Waals surface area contributed by atoms with Crippen LogP contribution in [0.15, 0.2) is 60.7 Å². The van der Waals surface area contributed by atoms with Crippen molar-refractivity contribution < 1.29 is 23.8 Å². The quantitative estimate of drug-likeness (QED) is 0.642. The number of hydrogen-bond donors (Lipinski definition) is 0. The molecule has 0 aliphatic heterocycles. The van der Waals surface area contributed by atoms with Gasteiger partial charge >= 0.3 is 11.9 Å². The van der Waals surface area contributed by atoms with Crippen molar-refractivity contribution in [2.24, 2.45) is 0 Å². The number of hydrogen-bond acceptors (Lipinski definition) is 5. The van der Waals surface area contributed by atoms with Crippen LogP contribution in [0.1, 0.15) is 27.4 Å². The van der Waals surface area contributed by atoms with E-state index in [4.69, 9.17) is 14.2 Å². The molecule has 0 aliphatic rings. The summed E-state index contributed by atoms with van der Waals surface area (Å²) in [5, 5.41) is 1.81. The lowest BCUT2D eigenvalue weighted by Crippen LogP contribution is -2.15. The molecule has 0 radical (unpaired) electrons. The first-order valence-electron chi connectivity index (χ1n) is 8.41. The predicted octanol–water partition coefficient (Wildman–Crippen LogP) is 3.94. The van der Waals surface area contributed by atoms with Crippen molar-refractivity contribution in [3.8, 4) is 5.75 Å². The van der Waals surface area contributed by atoms with Crippen LogP contribution < -0.4 is 4.74 Å². The van der Waals surface area contributed by atoms with Crippen LogP contribution >= 0.6 is 0 Å². The Bertz CT molecular complexity index is 976. The van der Waals surface area contributed by atoms with Crippen LogP contribution in [0.2, 0.25) is 0 Å². The lowest BCUT2D eigenvalue weighted by molar-refractivity contribution is -0.141. The van der Waals surface area contributed by atoms with E-state index in [0.29, 0.717) is 5.56 Å². The van der Waals surface area contributed by atoms with Gasteiger partial charge in [-0.1, -0.05) is 30.3 Å². The van der Waals surface area contributed by atoms with Gasteiger partial charge in [-0.25, -0.2) is 4.79 Å². The van der Waals surface area contributed by atoms with Gasteiger partial charge in [0.05, 0.1) is 26.9 Å². The van der Waals surface area contributed by atoms with Crippen molar-refractivity contribution in [3.05, 3.63) is 77.4 Å². The Kier molecular flexibility index (Phi) is 5.41. The Morgan fingerprint density at radius 3 is 2.00 bits per heavy atom. The van der Waals surface area contributed by atoms with Crippen molar-refractivity contribution in [2.45, 2.75) is 5.92 Å². The molecular weight excluding hydrogens is 344 g/mol. The van der Waals surface area contributed by atoms with E-state index in [1.54, 1.807) is 19.2 Å². The minimum atomic E-state index is -0.550. The fourth-order valence-corrected chi connectivity index (χ4v) is 3.07. The second kappa shape index (κ2) is 7.91. The zero-order chi connectivity index (χ0) is 19.4. The SMILES string of the molecule is COC(=O)c1ccc2cc(C(C(=O)OC)c3ccc(OC)cc3)ccc2c1. The molecule has 5 nitrogen and oxygen atoms in total. The fraction of sp³-hybridized carbons (Fsp3) is 0.182. The zero-order valence-electron chi connectivity index (χ0n) is 15.4. The van der Waals surface area contributed by atoms with E-state index in [0.717, 1.165) is 27.6 Å². The second-order valence-corrected chi connectivity index (χ2v) is 6.04. The normalized spacial score (nSPS) is 11.7. The van der Waals surface area contributed by atoms with E-state index in [1.807, 2.05) is 48.5 Å². The highest BCUT2D eigenvalue weighted by Gasteiger charge is 2.24. The number of ether oxygens (including phenoxy) is 3. The largest absolute Gasteiger partial charge is 0.497 e. The number of fused-ring (bicyclic) bond motifs is 1. The molecule has 3 aromatic rings. The molecule has 0 N–H and O–H groups in total. The molecule has 0 amide bonds. The van der Waals surface area contributed by atoms with Gasteiger partial charge in [0.15, 0.2) is 0 Å². The summed E-state index contributed by atoms with van der Waals surface area (Å²) in [5.74, 6) is -0.556. The number of rotatable bonds is 5. The molecule has 0 heterocycles. The van der Waals surface area contributed by atoms with Gasteiger partial charge in [-0.2, -0.15) is 0 Å². The summed E-state index contributed by atoms with van der Waals surface area (Å²) in [6, 6.07) is 18.3. The Balaban J connectivity index is 2.04. The van der Waals surface area contributed by atoms with Crippen LogP contribution in [0, 0.1) is 0 Å². The summed E-state index contributed by atoms with van der Waals surface area (Å²) in [6.07, 6.45) is 0. The van der Waals surface area contributed by atoms with Crippen LogP contribution in [0.25, 0.3) is 10.8 Å². The highest BCUT2D eigenvalue weighted by molar-refractivity contribution is 5.96. The van der Waals surface area contributed by atoms with Crippen molar-refractivity contribution in [1.29, 1.82) is 0 Å². The van der Waals surface area contributed by atoms with Gasteiger partial charge in [-0.15, -0.1) is 0 Å². The van der Waals surface area contributed by atoms with E-state index in [2.05, 4.69) is 0 Å². The Hall–Kier alpha value is -3.34. The lowest BCUT2D eigenvalue weighted by Gasteiger charge is -2.17. The molecule has 0 saturated heterocycles. The van der Waals surface area contributed by atoms with Gasteiger partial charge in [0, 0.05) is 0 Å². The van der Waals surface area contributed by atoms with Gasteiger partial charge in [0.1, 0.15) is 11.7 Å². The zero-order valence-corrected chi connectivity index (χ0v) is 15.4. The van der Waals surface area contributed by atoms with Gasteiger partial charge in [0.2, 0.25) is 0 Å². The average molecular weight is 364 g/mol. The summed E-state index contributed by atoms with van der Waals surface area (Å²) in [7, 11) is 4.33. The molecule has 0 saturated carbocycles. The summed E-state index contributed by atoms with van der Waals surface area (Å²) in [4.78, 5) is 24.2. The maximum Gasteiger partial charge on any atom is 0.337 e. The van der Waals surface area contributed by atoms with E-state index in [1.165, 1.54) is 14.2 Å². The number of carbonyl (C=O) groups excluding carboxylic acids is 2. The second-order valence-electron chi connectivity index (χ2n) is 6.04. The molecule has 0 fully saturated rings. The molecule has 1 unspecified atom stereocenters. The first-order chi connectivity index (χ1) is 13.1. The molecule has 27 heavy (non-hydrogen) atoms. The Morgan fingerprint density at radius 1 is 0.741 bits per heavy atom. The van der Waals surface area contributed by atoms with E-state index >= 15 is 0 Å². The van der Waals surface area contributed by atoms with E-state index in [-0.39, 0.29) is 11.9 Å². The topological polar surface area (TPSA) is 61.8 Å². The molecule has 3 aromatic carbocycles. The van der Waals surface area contributed by atoms with E-state index in [9.17, 15) is 9.59 Å². The van der Waals surface area contributed by atoms with Crippen molar-refractivity contribution >= 4 is 22.7 Å². The molecule has 3 rings (SSSR count). The third-order valence-electron chi connectivity index (χ3n) is 4.50. The Morgan fingerprint density at radius 2 is 1.37 bits per heavy atom. The molecule has 0 aliphatic carbocycles. The highest BCUT2D eigenvalue weighted by Crippen LogP contribution is 2.30. The summed E-state index contributed by atoms with van der Waals surface area (Å²) < 4.78 is 15.0. The maximum atomic E-state index is 12.5. The van der Waals surface area contributed by atoms with Gasteiger partial charge in [0.25, 0.3) is 0 Å². The third-order valence-corrected chi connectivity index (χ3v) is 4.50. The molecule has 138 valence electrons. The smallest absolute Gasteiger partial charge is 0.337 e. The highest BCUT2D eigenvalue weighted by atomic mass is 16.5. The van der Waals surface area contributed by atoms with Crippen LogP contribution in [-0.2, 0) is 14.3 Å². The van der Waals surface area contributed by atoms with Gasteiger partial charge in [-0.3, -0.25) is 4.79 Å². The van der Waals surface area contributed by atoms with Crippen molar-refractivity contribution in [1.82, 2.24) is 0 Å². The number of carbonyl (C=O) groups is 2. The van der Waals surface area contributed by atoms with Gasteiger partial charge in [-0.05, 0) is 52.2 Å². The third kappa shape index (κ3) is 3.77. The van der Waals surface area contributed by atoms with Crippen molar-refractivity contribution in [3.63, 3.8) is 0 Å². The molecule has 5 heteroatoms. The number of benzene rings is 3. The summed E-state index contributed by atoms with van der Waals surface area (Å²) >= 11 is 0. The van der Waals surface area contributed by atoms with Crippen LogP contribution in [0.4, 0.5) is 0 Å². The van der Waals surface area contributed by atoms with Crippen LogP contribution in [-0.4, -0.2) is 33.3 Å². The molecule has 1 atom stereocenters. The molecule has 0 spiro atoms. The van der Waals surface area contributed by atoms with Crippen LogP contribution in [0.5, 0.6) is 5.75 Å². The minimum Gasteiger partial charge on any atom is -0.497 e. The van der Waals surface area contributed by atoms with E-state index < -0.39 is 5.92 Å². The molecule has 0 aromatic heterocycles. The first-order valence-corrected chi connectivity index (χ1v) is 8.41. The monoisotopic (exact) mass is 364 g/mol. The lowest BCUT2D eigenvalue weighted by atomic mass is 9.89. The number of esters is 2. The Labute approximate surface area is 157 Å². The summed E-state index contributed by atoms with van der Waals surface area (Å²) in [6.45, 7) is 0. The van der Waals surface area contributed by atoms with Crippen molar-refractivity contribution in [2.75, 3.05) is 21.3 Å². The minimum absolute atomic E-state index is 0.342.